The molecule has 0 spiro atoms. The van der Waals surface area contributed by atoms with E-state index in [9.17, 15) is 4.79 Å². The van der Waals surface area contributed by atoms with Crippen LogP contribution in [-0.4, -0.2) is 50.1 Å². The Bertz CT molecular complexity index is 1220. The molecule has 0 radical (unpaired) electrons. The zero-order valence-corrected chi connectivity index (χ0v) is 20.1. The molecule has 0 aliphatic carbocycles. The molecule has 3 aromatic carbocycles. The summed E-state index contributed by atoms with van der Waals surface area (Å²) < 4.78 is 7.67. The SMILES string of the molecule is O=C(NCCc1ccccc1)[C@@H]1C[C@@H](n2cnnn2)CN1Cc1ccc(OCc2ccccc2)cc1. The van der Waals surface area contributed by atoms with Gasteiger partial charge in [0.05, 0.1) is 12.1 Å². The lowest BCUT2D eigenvalue weighted by Gasteiger charge is -2.23. The molecule has 4 aromatic rings. The molecule has 8 heteroatoms. The second-order valence-electron chi connectivity index (χ2n) is 9.07. The second kappa shape index (κ2) is 11.6. The Labute approximate surface area is 210 Å². The van der Waals surface area contributed by atoms with E-state index < -0.39 is 0 Å². The van der Waals surface area contributed by atoms with Crippen molar-refractivity contribution in [2.75, 3.05) is 13.1 Å². The average Bonchev–Trinajstić information content (AvgIpc) is 3.60. The van der Waals surface area contributed by atoms with Crippen molar-refractivity contribution in [2.24, 2.45) is 0 Å². The van der Waals surface area contributed by atoms with Gasteiger partial charge in [-0.05, 0) is 52.1 Å². The highest BCUT2D eigenvalue weighted by molar-refractivity contribution is 5.82. The first kappa shape index (κ1) is 23.7. The molecule has 1 aliphatic heterocycles. The molecule has 0 bridgehead atoms. The maximum absolute atomic E-state index is 13.2. The minimum atomic E-state index is -0.246. The summed E-state index contributed by atoms with van der Waals surface area (Å²) in [5.41, 5.74) is 3.47. The van der Waals surface area contributed by atoms with E-state index in [1.165, 1.54) is 5.56 Å². The van der Waals surface area contributed by atoms with Gasteiger partial charge in [0.2, 0.25) is 5.91 Å². The first-order valence-corrected chi connectivity index (χ1v) is 12.3. The number of rotatable bonds is 10. The predicted octanol–water partition coefficient (Wildman–Crippen LogP) is 3.43. The predicted molar refractivity (Wildman–Crippen MR) is 136 cm³/mol. The lowest BCUT2D eigenvalue weighted by atomic mass is 10.1. The zero-order chi connectivity index (χ0) is 24.6. The van der Waals surface area contributed by atoms with Crippen LogP contribution in [0.1, 0.15) is 29.2 Å². The number of ether oxygens (including phenoxy) is 1. The Balaban J connectivity index is 1.20. The number of carbonyl (C=O) groups is 1. The highest BCUT2D eigenvalue weighted by Crippen LogP contribution is 2.28. The van der Waals surface area contributed by atoms with Gasteiger partial charge in [-0.15, -0.1) is 5.10 Å². The summed E-state index contributed by atoms with van der Waals surface area (Å²) in [5, 5.41) is 14.8. The van der Waals surface area contributed by atoms with Crippen molar-refractivity contribution in [3.8, 4) is 5.75 Å². The third kappa shape index (κ3) is 6.14. The molecule has 1 fully saturated rings. The fraction of sp³-hybridized carbons (Fsp3) is 0.286. The van der Waals surface area contributed by atoms with Gasteiger partial charge in [0.1, 0.15) is 18.7 Å². The number of nitrogens with one attached hydrogen (secondary N) is 1. The number of amides is 1. The van der Waals surface area contributed by atoms with Crippen molar-refractivity contribution in [1.29, 1.82) is 0 Å². The van der Waals surface area contributed by atoms with Crippen LogP contribution in [0.2, 0.25) is 0 Å². The normalized spacial score (nSPS) is 17.7. The van der Waals surface area contributed by atoms with E-state index in [-0.39, 0.29) is 18.0 Å². The third-order valence-electron chi connectivity index (χ3n) is 6.54. The molecule has 5 rings (SSSR count). The lowest BCUT2D eigenvalue weighted by Crippen LogP contribution is -2.43. The first-order chi connectivity index (χ1) is 17.7. The maximum Gasteiger partial charge on any atom is 0.237 e. The standard InChI is InChI=1S/C28H30N6O2/c35-28(29-16-15-22-7-3-1-4-8-22)27-17-25(34-21-30-31-32-34)19-33(27)18-23-11-13-26(14-12-23)36-20-24-9-5-2-6-10-24/h1-14,21,25,27H,15-20H2,(H,29,35)/t25-,27+/m1/s1. The Morgan fingerprint density at radius 1 is 0.917 bits per heavy atom. The van der Waals surface area contributed by atoms with Crippen LogP contribution in [0.3, 0.4) is 0 Å². The molecule has 1 N–H and O–H groups in total. The van der Waals surface area contributed by atoms with Crippen molar-refractivity contribution in [1.82, 2.24) is 30.4 Å². The Hall–Kier alpha value is -4.04. The van der Waals surface area contributed by atoms with Gasteiger partial charge in [0.15, 0.2) is 0 Å². The number of nitrogens with zero attached hydrogens (tertiary/aromatic N) is 5. The van der Waals surface area contributed by atoms with Gasteiger partial charge in [-0.2, -0.15) is 0 Å². The summed E-state index contributed by atoms with van der Waals surface area (Å²) >= 11 is 0. The number of hydrogen-bond acceptors (Lipinski definition) is 6. The number of tetrazole rings is 1. The van der Waals surface area contributed by atoms with Gasteiger partial charge in [0, 0.05) is 19.6 Å². The summed E-state index contributed by atoms with van der Waals surface area (Å²) in [6.45, 7) is 2.50. The molecule has 1 saturated heterocycles. The molecule has 2 heterocycles. The lowest BCUT2D eigenvalue weighted by molar-refractivity contribution is -0.125. The smallest absolute Gasteiger partial charge is 0.237 e. The van der Waals surface area contributed by atoms with Crippen LogP contribution in [0.5, 0.6) is 5.75 Å². The number of benzene rings is 3. The van der Waals surface area contributed by atoms with Crippen molar-refractivity contribution in [3.05, 3.63) is 108 Å². The highest BCUT2D eigenvalue weighted by atomic mass is 16.5. The van der Waals surface area contributed by atoms with E-state index in [0.29, 0.717) is 32.7 Å². The first-order valence-electron chi connectivity index (χ1n) is 12.3. The van der Waals surface area contributed by atoms with E-state index >= 15 is 0 Å². The Kier molecular flexibility index (Phi) is 7.63. The van der Waals surface area contributed by atoms with Crippen LogP contribution in [-0.2, 0) is 24.4 Å². The highest BCUT2D eigenvalue weighted by Gasteiger charge is 2.38. The van der Waals surface area contributed by atoms with Crippen LogP contribution in [0, 0.1) is 0 Å². The number of aromatic nitrogens is 4. The van der Waals surface area contributed by atoms with Crippen molar-refractivity contribution in [2.45, 2.75) is 38.1 Å². The molecule has 8 nitrogen and oxygen atoms in total. The maximum atomic E-state index is 13.2. The molecular weight excluding hydrogens is 452 g/mol. The summed E-state index contributed by atoms with van der Waals surface area (Å²) in [6.07, 6.45) is 3.10. The van der Waals surface area contributed by atoms with Gasteiger partial charge in [-0.1, -0.05) is 72.8 Å². The van der Waals surface area contributed by atoms with E-state index in [1.54, 1.807) is 11.0 Å². The van der Waals surface area contributed by atoms with Gasteiger partial charge in [-0.3, -0.25) is 9.69 Å². The average molecular weight is 483 g/mol. The molecule has 2 atom stereocenters. The zero-order valence-electron chi connectivity index (χ0n) is 20.1. The summed E-state index contributed by atoms with van der Waals surface area (Å²) in [6, 6.07) is 28.2. The number of carbonyl (C=O) groups excluding carboxylic acids is 1. The van der Waals surface area contributed by atoms with Crippen molar-refractivity contribution >= 4 is 5.91 Å². The fourth-order valence-corrected chi connectivity index (χ4v) is 4.61. The van der Waals surface area contributed by atoms with Gasteiger partial charge in [0.25, 0.3) is 0 Å². The minimum Gasteiger partial charge on any atom is -0.489 e. The molecule has 184 valence electrons. The second-order valence-corrected chi connectivity index (χ2v) is 9.07. The topological polar surface area (TPSA) is 85.2 Å². The van der Waals surface area contributed by atoms with Gasteiger partial charge < -0.3 is 10.1 Å². The van der Waals surface area contributed by atoms with E-state index in [2.05, 4.69) is 50.0 Å². The molecule has 0 saturated carbocycles. The molecule has 36 heavy (non-hydrogen) atoms. The minimum absolute atomic E-state index is 0.0457. The van der Waals surface area contributed by atoms with Crippen molar-refractivity contribution in [3.63, 3.8) is 0 Å². The fourth-order valence-electron chi connectivity index (χ4n) is 4.61. The van der Waals surface area contributed by atoms with Crippen LogP contribution >= 0.6 is 0 Å². The molecule has 0 unspecified atom stereocenters. The van der Waals surface area contributed by atoms with E-state index in [1.807, 2.05) is 60.7 Å². The molecule has 1 amide bonds. The van der Waals surface area contributed by atoms with Crippen LogP contribution in [0.25, 0.3) is 0 Å². The quantitative estimate of drug-likeness (QED) is 0.373. The van der Waals surface area contributed by atoms with Crippen LogP contribution in [0.4, 0.5) is 0 Å². The molecule has 1 aromatic heterocycles. The number of hydrogen-bond donors (Lipinski definition) is 1. The summed E-state index contributed by atoms with van der Waals surface area (Å²) in [4.78, 5) is 15.4. The van der Waals surface area contributed by atoms with Crippen LogP contribution in [0.15, 0.2) is 91.3 Å². The van der Waals surface area contributed by atoms with E-state index in [4.69, 9.17) is 4.74 Å². The van der Waals surface area contributed by atoms with Crippen molar-refractivity contribution < 1.29 is 9.53 Å². The monoisotopic (exact) mass is 482 g/mol. The summed E-state index contributed by atoms with van der Waals surface area (Å²) in [7, 11) is 0. The Morgan fingerprint density at radius 3 is 2.33 bits per heavy atom. The molecular formula is C28H30N6O2. The summed E-state index contributed by atoms with van der Waals surface area (Å²) in [5.74, 6) is 0.870. The number of likely N-dealkylation sites (tertiary alicyclic amines) is 1. The van der Waals surface area contributed by atoms with Crippen LogP contribution < -0.4 is 10.1 Å². The Morgan fingerprint density at radius 2 is 1.64 bits per heavy atom. The van der Waals surface area contributed by atoms with Gasteiger partial charge in [-0.25, -0.2) is 4.68 Å². The van der Waals surface area contributed by atoms with E-state index in [0.717, 1.165) is 23.3 Å². The third-order valence-corrected chi connectivity index (χ3v) is 6.54. The molecule has 1 aliphatic rings. The largest absolute Gasteiger partial charge is 0.489 e. The van der Waals surface area contributed by atoms with Gasteiger partial charge >= 0.3 is 0 Å².